The van der Waals surface area contributed by atoms with E-state index in [0.29, 0.717) is 17.1 Å². The topological polar surface area (TPSA) is 76.4 Å². The van der Waals surface area contributed by atoms with Gasteiger partial charge in [0, 0.05) is 10.6 Å². The van der Waals surface area contributed by atoms with Crippen LogP contribution in [0.2, 0.25) is 10.0 Å². The molecule has 0 aromatic heterocycles. The molecule has 5 nitrogen and oxygen atoms in total. The SMILES string of the molecule is COc1cccc(/C=C(\C#N)S(=O)(=O)c2cc(Cl)ccc2Cl)c1OC. The Labute approximate surface area is 155 Å². The zero-order chi connectivity index (χ0) is 18.6. The van der Waals surface area contributed by atoms with Crippen molar-refractivity contribution in [3.8, 4) is 17.6 Å². The minimum absolute atomic E-state index is 0.0249. The van der Waals surface area contributed by atoms with Crippen LogP contribution in [-0.2, 0) is 9.84 Å². The summed E-state index contributed by atoms with van der Waals surface area (Å²) >= 11 is 11.8. The molecule has 130 valence electrons. The van der Waals surface area contributed by atoms with E-state index in [1.807, 2.05) is 0 Å². The molecule has 0 fully saturated rings. The molecule has 0 saturated carbocycles. The highest BCUT2D eigenvalue weighted by molar-refractivity contribution is 7.95. The molecule has 2 aromatic rings. The lowest BCUT2D eigenvalue weighted by Gasteiger charge is -2.11. The fraction of sp³-hybridized carbons (Fsp3) is 0.118. The van der Waals surface area contributed by atoms with Crippen molar-refractivity contribution in [3.63, 3.8) is 0 Å². The van der Waals surface area contributed by atoms with Crippen LogP contribution in [0.15, 0.2) is 46.2 Å². The number of hydrogen-bond acceptors (Lipinski definition) is 5. The van der Waals surface area contributed by atoms with Gasteiger partial charge in [0.1, 0.15) is 11.0 Å². The average Bonchev–Trinajstić information content (AvgIpc) is 2.60. The molecule has 2 rings (SSSR count). The van der Waals surface area contributed by atoms with Gasteiger partial charge in [0.15, 0.2) is 11.5 Å². The van der Waals surface area contributed by atoms with Gasteiger partial charge < -0.3 is 9.47 Å². The predicted octanol–water partition coefficient (Wildman–Crippen LogP) is 4.35. The van der Waals surface area contributed by atoms with Crippen molar-refractivity contribution in [3.05, 3.63) is 56.9 Å². The van der Waals surface area contributed by atoms with E-state index >= 15 is 0 Å². The average molecular weight is 398 g/mol. The Morgan fingerprint density at radius 3 is 2.48 bits per heavy atom. The largest absolute Gasteiger partial charge is 0.493 e. The van der Waals surface area contributed by atoms with Gasteiger partial charge in [0.2, 0.25) is 9.84 Å². The molecule has 0 aliphatic rings. The molecule has 8 heteroatoms. The number of nitriles is 1. The molecular formula is C17H13Cl2NO4S. The van der Waals surface area contributed by atoms with Gasteiger partial charge in [-0.2, -0.15) is 5.26 Å². The van der Waals surface area contributed by atoms with Crippen LogP contribution >= 0.6 is 23.2 Å². The summed E-state index contributed by atoms with van der Waals surface area (Å²) in [6, 6.07) is 10.6. The Balaban J connectivity index is 2.66. The van der Waals surface area contributed by atoms with Crippen molar-refractivity contribution < 1.29 is 17.9 Å². The lowest BCUT2D eigenvalue weighted by Crippen LogP contribution is -2.05. The van der Waals surface area contributed by atoms with Gasteiger partial charge in [0.05, 0.1) is 24.1 Å². The molecule has 0 radical (unpaired) electrons. The Morgan fingerprint density at radius 1 is 1.16 bits per heavy atom. The van der Waals surface area contributed by atoms with Crippen molar-refractivity contribution in [1.82, 2.24) is 0 Å². The highest BCUT2D eigenvalue weighted by atomic mass is 35.5. The summed E-state index contributed by atoms with van der Waals surface area (Å²) in [5.74, 6) is 0.719. The number of sulfone groups is 1. The molecule has 25 heavy (non-hydrogen) atoms. The van der Waals surface area contributed by atoms with E-state index in [1.165, 1.54) is 38.5 Å². The van der Waals surface area contributed by atoms with Crippen molar-refractivity contribution in [2.75, 3.05) is 14.2 Å². The smallest absolute Gasteiger partial charge is 0.218 e. The van der Waals surface area contributed by atoms with Gasteiger partial charge in [-0.3, -0.25) is 0 Å². The first-order valence-corrected chi connectivity index (χ1v) is 9.12. The third-order valence-corrected chi connectivity index (χ3v) is 5.68. The van der Waals surface area contributed by atoms with Gasteiger partial charge in [-0.15, -0.1) is 0 Å². The van der Waals surface area contributed by atoms with Crippen LogP contribution in [0.4, 0.5) is 0 Å². The summed E-state index contributed by atoms with van der Waals surface area (Å²) in [6.07, 6.45) is 1.20. The predicted molar refractivity (Wildman–Crippen MR) is 96.8 cm³/mol. The molecule has 0 aliphatic carbocycles. The Kier molecular flexibility index (Phi) is 5.96. The van der Waals surface area contributed by atoms with Crippen molar-refractivity contribution in [2.24, 2.45) is 0 Å². The van der Waals surface area contributed by atoms with Gasteiger partial charge in [-0.05, 0) is 30.3 Å². The zero-order valence-electron chi connectivity index (χ0n) is 13.3. The minimum Gasteiger partial charge on any atom is -0.493 e. The molecule has 0 unspecified atom stereocenters. The Morgan fingerprint density at radius 2 is 1.88 bits per heavy atom. The summed E-state index contributed by atoms with van der Waals surface area (Å²) in [4.78, 5) is -0.737. The molecular weight excluding hydrogens is 385 g/mol. The van der Waals surface area contributed by atoms with E-state index < -0.39 is 14.7 Å². The van der Waals surface area contributed by atoms with Crippen LogP contribution in [0, 0.1) is 11.3 Å². The van der Waals surface area contributed by atoms with Gasteiger partial charge in [0.25, 0.3) is 0 Å². The second-order valence-electron chi connectivity index (χ2n) is 4.78. The molecule has 0 saturated heterocycles. The summed E-state index contributed by atoms with van der Waals surface area (Å²) in [5, 5.41) is 9.56. The first-order valence-electron chi connectivity index (χ1n) is 6.88. The van der Waals surface area contributed by atoms with Crippen LogP contribution in [0.1, 0.15) is 5.56 Å². The lowest BCUT2D eigenvalue weighted by atomic mass is 10.1. The fourth-order valence-electron chi connectivity index (χ4n) is 2.14. The molecule has 0 amide bonds. The maximum atomic E-state index is 12.8. The van der Waals surface area contributed by atoms with Crippen molar-refractivity contribution in [2.45, 2.75) is 4.90 Å². The van der Waals surface area contributed by atoms with E-state index in [-0.39, 0.29) is 14.9 Å². The number of methoxy groups -OCH3 is 2. The first kappa shape index (κ1) is 19.1. The third-order valence-electron chi connectivity index (χ3n) is 3.30. The van der Waals surface area contributed by atoms with Gasteiger partial charge in [-0.25, -0.2) is 8.42 Å². The number of hydrogen-bond donors (Lipinski definition) is 0. The van der Waals surface area contributed by atoms with E-state index in [0.717, 1.165) is 0 Å². The normalized spacial score (nSPS) is 11.7. The van der Waals surface area contributed by atoms with Crippen molar-refractivity contribution in [1.29, 1.82) is 5.26 Å². The van der Waals surface area contributed by atoms with Crippen LogP contribution in [0.3, 0.4) is 0 Å². The summed E-state index contributed by atoms with van der Waals surface area (Å²) < 4.78 is 36.0. The van der Waals surface area contributed by atoms with Crippen LogP contribution in [-0.4, -0.2) is 22.6 Å². The third kappa shape index (κ3) is 3.90. The number of ether oxygens (including phenoxy) is 2. The van der Waals surface area contributed by atoms with Crippen molar-refractivity contribution >= 4 is 39.1 Å². The summed E-state index contributed by atoms with van der Waals surface area (Å²) in [6.45, 7) is 0. The number of halogens is 2. The zero-order valence-corrected chi connectivity index (χ0v) is 15.6. The lowest BCUT2D eigenvalue weighted by molar-refractivity contribution is 0.354. The van der Waals surface area contributed by atoms with Crippen LogP contribution in [0.25, 0.3) is 6.08 Å². The molecule has 0 N–H and O–H groups in total. The number of rotatable bonds is 5. The van der Waals surface area contributed by atoms with Crippen LogP contribution in [0.5, 0.6) is 11.5 Å². The number of para-hydroxylation sites is 1. The molecule has 0 heterocycles. The summed E-state index contributed by atoms with van der Waals surface area (Å²) in [7, 11) is -1.28. The minimum atomic E-state index is -4.16. The number of benzene rings is 2. The van der Waals surface area contributed by atoms with Crippen LogP contribution < -0.4 is 9.47 Å². The molecule has 2 aromatic carbocycles. The monoisotopic (exact) mass is 397 g/mol. The van der Waals surface area contributed by atoms with Gasteiger partial charge in [-0.1, -0.05) is 35.3 Å². The quantitative estimate of drug-likeness (QED) is 0.700. The molecule has 0 bridgehead atoms. The number of nitrogens with zero attached hydrogens (tertiary/aromatic N) is 1. The standard InChI is InChI=1S/C17H13Cl2NO4S/c1-23-15-5-3-4-11(17(15)24-2)8-13(10-20)25(21,22)16-9-12(18)6-7-14(16)19/h3-9H,1-2H3/b13-8+. The van der Waals surface area contributed by atoms with E-state index in [9.17, 15) is 13.7 Å². The maximum absolute atomic E-state index is 12.8. The number of allylic oxidation sites excluding steroid dienone is 1. The highest BCUT2D eigenvalue weighted by Gasteiger charge is 2.25. The Hall–Kier alpha value is -2.20. The maximum Gasteiger partial charge on any atom is 0.218 e. The molecule has 0 atom stereocenters. The van der Waals surface area contributed by atoms with Gasteiger partial charge >= 0.3 is 0 Å². The molecule has 0 spiro atoms. The second-order valence-corrected chi connectivity index (χ2v) is 7.51. The highest BCUT2D eigenvalue weighted by Crippen LogP contribution is 2.35. The van der Waals surface area contributed by atoms with E-state index in [1.54, 1.807) is 24.3 Å². The summed E-state index contributed by atoms with van der Waals surface area (Å²) in [5.41, 5.74) is 0.375. The van der Waals surface area contributed by atoms with E-state index in [4.69, 9.17) is 32.7 Å². The second kappa shape index (κ2) is 7.79. The molecule has 0 aliphatic heterocycles. The van der Waals surface area contributed by atoms with E-state index in [2.05, 4.69) is 0 Å². The Bertz CT molecular complexity index is 979. The first-order chi connectivity index (χ1) is 11.8. The fourth-order valence-corrected chi connectivity index (χ4v) is 4.04.